The number of hydrogen-bond donors (Lipinski definition) is 0. The molecule has 0 radical (unpaired) electrons. The van der Waals surface area contributed by atoms with Crippen LogP contribution in [0.5, 0.6) is 0 Å². The van der Waals surface area contributed by atoms with E-state index < -0.39 is 17.2 Å². The lowest BCUT2D eigenvalue weighted by Crippen LogP contribution is -2.42. The molecule has 33 heavy (non-hydrogen) atoms. The number of carbonyl (C=O) groups excluding carboxylic acids is 1. The van der Waals surface area contributed by atoms with Crippen LogP contribution in [0.1, 0.15) is 29.2 Å². The largest absolute Gasteiger partial charge is 0.464 e. The number of benzene rings is 1. The van der Waals surface area contributed by atoms with Crippen LogP contribution in [0.3, 0.4) is 0 Å². The van der Waals surface area contributed by atoms with Crippen LogP contribution in [0.25, 0.3) is 16.9 Å². The highest BCUT2D eigenvalue weighted by molar-refractivity contribution is 5.86. The smallest absolute Gasteiger partial charge is 0.360 e. The molecule has 4 heterocycles. The van der Waals surface area contributed by atoms with Crippen LogP contribution in [0.4, 0.5) is 0 Å². The molecular weight excluding hydrogens is 430 g/mol. The number of aromatic nitrogens is 5. The SMILES string of the molecule is COC(=O)c1coc(Cn2cnc3c2c(=O)n(CC2CCCO2)c(=O)n3-c2ccccc2)n1. The Morgan fingerprint density at radius 1 is 1.24 bits per heavy atom. The summed E-state index contributed by atoms with van der Waals surface area (Å²) in [6.45, 7) is 0.798. The Kier molecular flexibility index (Phi) is 5.38. The lowest BCUT2D eigenvalue weighted by molar-refractivity contribution is 0.0594. The van der Waals surface area contributed by atoms with Crippen molar-refractivity contribution in [3.05, 3.63) is 75.3 Å². The van der Waals surface area contributed by atoms with Crippen molar-refractivity contribution in [1.29, 1.82) is 0 Å². The fourth-order valence-electron chi connectivity index (χ4n) is 3.99. The molecule has 0 saturated carbocycles. The molecule has 1 aliphatic rings. The number of fused-ring (bicyclic) bond motifs is 1. The molecule has 1 aromatic carbocycles. The molecule has 11 heteroatoms. The van der Waals surface area contributed by atoms with Crippen LogP contribution >= 0.6 is 0 Å². The van der Waals surface area contributed by atoms with Gasteiger partial charge in [0.05, 0.1) is 31.8 Å². The van der Waals surface area contributed by atoms with E-state index in [0.29, 0.717) is 12.3 Å². The van der Waals surface area contributed by atoms with Crippen LogP contribution in [-0.2, 0) is 22.6 Å². The van der Waals surface area contributed by atoms with Crippen molar-refractivity contribution in [1.82, 2.24) is 23.7 Å². The Hall–Kier alpha value is -3.99. The average molecular weight is 451 g/mol. The minimum absolute atomic E-state index is 0.0221. The predicted molar refractivity (Wildman–Crippen MR) is 116 cm³/mol. The molecule has 170 valence electrons. The highest BCUT2D eigenvalue weighted by Gasteiger charge is 2.24. The highest BCUT2D eigenvalue weighted by atomic mass is 16.5. The molecule has 1 fully saturated rings. The van der Waals surface area contributed by atoms with Gasteiger partial charge in [0.2, 0.25) is 5.89 Å². The number of esters is 1. The average Bonchev–Trinajstić information content (AvgIpc) is 3.59. The van der Waals surface area contributed by atoms with Gasteiger partial charge in [-0.3, -0.25) is 9.36 Å². The van der Waals surface area contributed by atoms with E-state index in [2.05, 4.69) is 14.7 Å². The molecule has 0 bridgehead atoms. The molecular formula is C22H21N5O6. The topological polar surface area (TPSA) is 123 Å². The van der Waals surface area contributed by atoms with Gasteiger partial charge in [0.15, 0.2) is 16.9 Å². The maximum absolute atomic E-state index is 13.5. The van der Waals surface area contributed by atoms with Crippen molar-refractivity contribution >= 4 is 17.1 Å². The van der Waals surface area contributed by atoms with Crippen molar-refractivity contribution < 1.29 is 18.7 Å². The third-order valence-electron chi connectivity index (χ3n) is 5.58. The highest BCUT2D eigenvalue weighted by Crippen LogP contribution is 2.17. The standard InChI is InChI=1S/C22H21N5O6/c1-31-21(29)16-12-33-17(24-16)11-25-13-23-19-18(25)20(28)26(10-15-8-5-9-32-15)22(30)27(19)14-6-3-2-4-7-14/h2-4,6-7,12-13,15H,5,8-11H2,1H3. The van der Waals surface area contributed by atoms with Crippen LogP contribution in [0.2, 0.25) is 0 Å². The predicted octanol–water partition coefficient (Wildman–Crippen LogP) is 1.35. The Labute approximate surface area is 186 Å². The van der Waals surface area contributed by atoms with Gasteiger partial charge in [0.1, 0.15) is 12.8 Å². The number of nitrogens with zero attached hydrogens (tertiary/aromatic N) is 5. The van der Waals surface area contributed by atoms with Crippen molar-refractivity contribution in [3.8, 4) is 5.69 Å². The van der Waals surface area contributed by atoms with E-state index in [0.717, 1.165) is 12.8 Å². The van der Waals surface area contributed by atoms with E-state index in [1.165, 1.54) is 28.8 Å². The van der Waals surface area contributed by atoms with Gasteiger partial charge in [0, 0.05) is 6.61 Å². The lowest BCUT2D eigenvalue weighted by atomic mass is 10.2. The van der Waals surface area contributed by atoms with Gasteiger partial charge in [-0.25, -0.2) is 24.1 Å². The summed E-state index contributed by atoms with van der Waals surface area (Å²) in [6.07, 6.45) is 4.10. The molecule has 0 aliphatic carbocycles. The van der Waals surface area contributed by atoms with Crippen LogP contribution in [0.15, 0.2) is 56.9 Å². The van der Waals surface area contributed by atoms with E-state index >= 15 is 0 Å². The Bertz CT molecular complexity index is 1430. The second-order valence-electron chi connectivity index (χ2n) is 7.67. The first kappa shape index (κ1) is 20.9. The van der Waals surface area contributed by atoms with Gasteiger partial charge < -0.3 is 18.5 Å². The van der Waals surface area contributed by atoms with Gasteiger partial charge in [0.25, 0.3) is 5.56 Å². The van der Waals surface area contributed by atoms with E-state index in [1.807, 2.05) is 6.07 Å². The molecule has 3 aromatic heterocycles. The number of para-hydroxylation sites is 1. The van der Waals surface area contributed by atoms with E-state index in [1.54, 1.807) is 28.8 Å². The van der Waals surface area contributed by atoms with Gasteiger partial charge in [-0.15, -0.1) is 0 Å². The van der Waals surface area contributed by atoms with Crippen LogP contribution in [0, 0.1) is 0 Å². The van der Waals surface area contributed by atoms with Gasteiger partial charge in [-0.2, -0.15) is 0 Å². The molecule has 5 rings (SSSR count). The summed E-state index contributed by atoms with van der Waals surface area (Å²) in [5.41, 5.74) is 0.0872. The number of rotatable bonds is 6. The Morgan fingerprint density at radius 2 is 2.06 bits per heavy atom. The molecule has 4 aromatic rings. The lowest BCUT2D eigenvalue weighted by Gasteiger charge is -2.15. The zero-order chi connectivity index (χ0) is 22.9. The molecule has 0 spiro atoms. The number of ether oxygens (including phenoxy) is 2. The number of carbonyl (C=O) groups is 1. The normalized spacial score (nSPS) is 15.8. The fourth-order valence-corrected chi connectivity index (χ4v) is 3.99. The second-order valence-corrected chi connectivity index (χ2v) is 7.67. The number of hydrogen-bond acceptors (Lipinski definition) is 8. The molecule has 0 N–H and O–H groups in total. The van der Waals surface area contributed by atoms with E-state index in [-0.39, 0.29) is 41.9 Å². The quantitative estimate of drug-likeness (QED) is 0.403. The van der Waals surface area contributed by atoms with E-state index in [9.17, 15) is 14.4 Å². The minimum Gasteiger partial charge on any atom is -0.464 e. The zero-order valence-corrected chi connectivity index (χ0v) is 17.8. The van der Waals surface area contributed by atoms with Gasteiger partial charge >= 0.3 is 11.7 Å². The number of oxazole rings is 1. The number of methoxy groups -OCH3 is 1. The summed E-state index contributed by atoms with van der Waals surface area (Å²) >= 11 is 0. The van der Waals surface area contributed by atoms with Crippen molar-refractivity contribution in [2.75, 3.05) is 13.7 Å². The summed E-state index contributed by atoms with van der Waals surface area (Å²) in [5, 5.41) is 0. The van der Waals surface area contributed by atoms with Crippen molar-refractivity contribution in [2.45, 2.75) is 32.0 Å². The maximum Gasteiger partial charge on any atom is 0.360 e. The molecule has 11 nitrogen and oxygen atoms in total. The van der Waals surface area contributed by atoms with Crippen molar-refractivity contribution in [2.24, 2.45) is 0 Å². The first-order valence-electron chi connectivity index (χ1n) is 10.5. The maximum atomic E-state index is 13.5. The molecule has 1 atom stereocenters. The molecule has 1 saturated heterocycles. The third kappa shape index (κ3) is 3.76. The second kappa shape index (κ2) is 8.51. The van der Waals surface area contributed by atoms with Gasteiger partial charge in [-0.1, -0.05) is 18.2 Å². The summed E-state index contributed by atoms with van der Waals surface area (Å²) < 4.78 is 19.8. The summed E-state index contributed by atoms with van der Waals surface area (Å²) in [6, 6.07) is 9.01. The first-order chi connectivity index (χ1) is 16.1. The summed E-state index contributed by atoms with van der Waals surface area (Å²) in [7, 11) is 1.25. The van der Waals surface area contributed by atoms with Crippen LogP contribution < -0.4 is 11.2 Å². The summed E-state index contributed by atoms with van der Waals surface area (Å²) in [5.74, 6) is -0.436. The van der Waals surface area contributed by atoms with Crippen LogP contribution in [-0.4, -0.2) is 49.5 Å². The van der Waals surface area contributed by atoms with Crippen molar-refractivity contribution in [3.63, 3.8) is 0 Å². The number of imidazole rings is 1. The first-order valence-corrected chi connectivity index (χ1v) is 10.5. The molecule has 0 amide bonds. The zero-order valence-electron chi connectivity index (χ0n) is 17.8. The fraction of sp³-hybridized carbons (Fsp3) is 0.318. The molecule has 1 aliphatic heterocycles. The monoisotopic (exact) mass is 451 g/mol. The summed E-state index contributed by atoms with van der Waals surface area (Å²) in [4.78, 5) is 47.0. The Balaban J connectivity index is 1.66. The van der Waals surface area contributed by atoms with Gasteiger partial charge in [-0.05, 0) is 25.0 Å². The third-order valence-corrected chi connectivity index (χ3v) is 5.58. The Morgan fingerprint density at radius 3 is 2.79 bits per heavy atom. The minimum atomic E-state index is -0.627. The van der Waals surface area contributed by atoms with E-state index in [4.69, 9.17) is 9.15 Å². The molecule has 1 unspecified atom stereocenters.